The Kier molecular flexibility index (Phi) is 9.42. The average molecular weight is 575 g/mol. The van der Waals surface area contributed by atoms with Crippen LogP contribution in [0.4, 0.5) is 0 Å². The van der Waals surface area contributed by atoms with E-state index < -0.39 is 41.7 Å². The van der Waals surface area contributed by atoms with E-state index in [9.17, 15) is 24.3 Å². The van der Waals surface area contributed by atoms with Gasteiger partial charge in [0.2, 0.25) is 17.7 Å². The third-order valence-electron chi connectivity index (χ3n) is 8.71. The van der Waals surface area contributed by atoms with Crippen molar-refractivity contribution in [2.24, 2.45) is 11.8 Å². The Morgan fingerprint density at radius 2 is 1.85 bits per heavy atom. The van der Waals surface area contributed by atoms with Gasteiger partial charge in [-0.1, -0.05) is 24.3 Å². The van der Waals surface area contributed by atoms with Gasteiger partial charge in [0.25, 0.3) is 0 Å². The number of aliphatic hydroxyl groups excluding tert-OH is 1. The molecule has 0 unspecified atom stereocenters. The Balaban J connectivity index is 1.47. The number of unbranched alkanes of at least 4 members (excludes halogenated alkanes) is 1. The molecule has 0 radical (unpaired) electrons. The monoisotopic (exact) mass is 574 g/mol. The minimum atomic E-state index is -1.34. The number of amides is 3. The highest BCUT2D eigenvalue weighted by Crippen LogP contribution is 2.53. The third-order valence-corrected chi connectivity index (χ3v) is 8.71. The predicted molar refractivity (Wildman–Crippen MR) is 146 cm³/mol. The second-order valence-corrected chi connectivity index (χ2v) is 11.5. The summed E-state index contributed by atoms with van der Waals surface area (Å²) in [5, 5.41) is 12.2. The molecule has 12 heteroatoms. The molecule has 3 saturated heterocycles. The van der Waals surface area contributed by atoms with Gasteiger partial charge in [0.15, 0.2) is 0 Å². The zero-order valence-electron chi connectivity index (χ0n) is 23.7. The number of aliphatic hydroxyl groups is 1. The van der Waals surface area contributed by atoms with E-state index in [0.717, 1.165) is 13.1 Å². The highest BCUT2D eigenvalue weighted by molar-refractivity contribution is 5.99. The molecule has 0 aromatic rings. The van der Waals surface area contributed by atoms with Crippen LogP contribution in [0, 0.1) is 11.8 Å². The van der Waals surface area contributed by atoms with Crippen LogP contribution in [0.1, 0.15) is 32.6 Å². The Bertz CT molecular complexity index is 1060. The molecule has 41 heavy (non-hydrogen) atoms. The smallest absolute Gasteiger partial charge is 0.313 e. The fourth-order valence-electron chi connectivity index (χ4n) is 6.63. The summed E-state index contributed by atoms with van der Waals surface area (Å²) in [6.07, 6.45) is 7.58. The molecule has 5 rings (SSSR count). The first-order chi connectivity index (χ1) is 19.9. The largest absolute Gasteiger partial charge is 0.460 e. The number of nitrogens with one attached hydrogen (secondary N) is 1. The maximum atomic E-state index is 14.3. The lowest BCUT2D eigenvalue weighted by atomic mass is 9.78. The maximum Gasteiger partial charge on any atom is 0.313 e. The van der Waals surface area contributed by atoms with Crippen molar-refractivity contribution in [3.63, 3.8) is 0 Å². The normalized spacial score (nSPS) is 35.5. The minimum Gasteiger partial charge on any atom is -0.460 e. The number of esters is 1. The molecule has 0 aromatic carbocycles. The lowest BCUT2D eigenvalue weighted by Crippen LogP contribution is -2.56. The van der Waals surface area contributed by atoms with Crippen LogP contribution in [0.5, 0.6) is 0 Å². The molecule has 2 N–H and O–H groups in total. The summed E-state index contributed by atoms with van der Waals surface area (Å²) in [5.74, 6) is -3.12. The summed E-state index contributed by atoms with van der Waals surface area (Å²) < 4.78 is 17.8. The summed E-state index contributed by atoms with van der Waals surface area (Å²) in [6.45, 7) is 6.61. The predicted octanol–water partition coefficient (Wildman–Crippen LogP) is -0.532. The third kappa shape index (κ3) is 6.06. The number of cyclic esters (lactones) is 1. The van der Waals surface area contributed by atoms with E-state index in [2.05, 4.69) is 10.2 Å². The van der Waals surface area contributed by atoms with E-state index in [-0.39, 0.29) is 43.8 Å². The molecule has 5 aliphatic rings. The molecule has 1 spiro atoms. The van der Waals surface area contributed by atoms with Crippen LogP contribution in [-0.4, -0.2) is 133 Å². The zero-order chi connectivity index (χ0) is 29.0. The molecule has 3 amide bonds. The molecule has 5 aliphatic heterocycles. The van der Waals surface area contributed by atoms with Crippen LogP contribution in [0.2, 0.25) is 0 Å². The number of likely N-dealkylation sites (tertiary alicyclic amines) is 1. The standard InChI is InChI=1S/C29H42N4O8/c1-20-19-30-22(35)8-3-2-7-21-23(28(38)40-20)24-26(36)33(11-4-5-16-34)25-27(37)32(10-6-9-29(24,25)41-21)13-12-31-14-17-39-18-15-31/h2,6-7,9,20-21,23-25,34H,3-5,8,10-19H2,1H3,(H,30,35)/b7-2-/t20-,21-,23+,24+,25-,29+/m0/s1. The quantitative estimate of drug-likeness (QED) is 0.233. The summed E-state index contributed by atoms with van der Waals surface area (Å²) in [4.78, 5) is 59.8. The van der Waals surface area contributed by atoms with E-state index in [1.165, 1.54) is 0 Å². The first kappa shape index (κ1) is 29.7. The molecule has 0 bridgehead atoms. The first-order valence-electron chi connectivity index (χ1n) is 14.9. The average Bonchev–Trinajstić information content (AvgIpc) is 3.34. The summed E-state index contributed by atoms with van der Waals surface area (Å²) in [6, 6.07) is -0.938. The van der Waals surface area contributed by atoms with Crippen molar-refractivity contribution in [1.29, 1.82) is 0 Å². The zero-order valence-corrected chi connectivity index (χ0v) is 23.7. The number of hydrogen-bond donors (Lipinski definition) is 2. The molecule has 0 saturated carbocycles. The van der Waals surface area contributed by atoms with Crippen LogP contribution in [0.3, 0.4) is 0 Å². The van der Waals surface area contributed by atoms with Gasteiger partial charge < -0.3 is 34.4 Å². The molecular formula is C29H42N4O8. The molecule has 5 heterocycles. The number of ether oxygens (including phenoxy) is 3. The van der Waals surface area contributed by atoms with Crippen molar-refractivity contribution in [3.05, 3.63) is 24.3 Å². The van der Waals surface area contributed by atoms with Gasteiger partial charge in [0.05, 0.1) is 31.8 Å². The van der Waals surface area contributed by atoms with E-state index in [1.54, 1.807) is 28.9 Å². The Labute approximate surface area is 240 Å². The number of morpholine rings is 1. The fourth-order valence-corrected chi connectivity index (χ4v) is 6.63. The molecule has 0 aliphatic carbocycles. The fraction of sp³-hybridized carbons (Fsp3) is 0.724. The summed E-state index contributed by atoms with van der Waals surface area (Å²) in [5.41, 5.74) is -1.34. The summed E-state index contributed by atoms with van der Waals surface area (Å²) >= 11 is 0. The highest BCUT2D eigenvalue weighted by Gasteiger charge is 2.71. The number of fused-ring (bicyclic) bond motifs is 2. The van der Waals surface area contributed by atoms with Crippen LogP contribution in [-0.2, 0) is 33.4 Å². The molecule has 226 valence electrons. The highest BCUT2D eigenvalue weighted by atomic mass is 16.6. The number of nitrogens with zero attached hydrogens (tertiary/aromatic N) is 3. The van der Waals surface area contributed by atoms with Crippen LogP contribution in [0.25, 0.3) is 0 Å². The summed E-state index contributed by atoms with van der Waals surface area (Å²) in [7, 11) is 0. The molecular weight excluding hydrogens is 532 g/mol. The maximum absolute atomic E-state index is 14.3. The van der Waals surface area contributed by atoms with Gasteiger partial charge in [-0.05, 0) is 26.2 Å². The SMILES string of the molecule is C[C@H]1CNC(=O)CC/C=C\[C@@H]2O[C@@]34C=CCN(CCN5CCOCC5)C(=O)[C@@H]3N(CCCCO)C(=O)[C@H]4[C@@H]2C(=O)O1. The van der Waals surface area contributed by atoms with Gasteiger partial charge in [-0.2, -0.15) is 0 Å². The van der Waals surface area contributed by atoms with Gasteiger partial charge in [0, 0.05) is 52.3 Å². The number of rotatable bonds is 7. The van der Waals surface area contributed by atoms with Crippen LogP contribution >= 0.6 is 0 Å². The topological polar surface area (TPSA) is 138 Å². The second-order valence-electron chi connectivity index (χ2n) is 11.5. The van der Waals surface area contributed by atoms with E-state index in [4.69, 9.17) is 14.2 Å². The number of carbonyl (C=O) groups is 4. The van der Waals surface area contributed by atoms with Gasteiger partial charge >= 0.3 is 5.97 Å². The second kappa shape index (κ2) is 13.0. The van der Waals surface area contributed by atoms with E-state index in [1.807, 2.05) is 12.2 Å². The van der Waals surface area contributed by atoms with Crippen LogP contribution < -0.4 is 5.32 Å². The van der Waals surface area contributed by atoms with Crippen molar-refractivity contribution in [2.45, 2.75) is 56.5 Å². The molecule has 6 atom stereocenters. The number of hydrogen-bond acceptors (Lipinski definition) is 9. The van der Waals surface area contributed by atoms with Crippen molar-refractivity contribution in [3.8, 4) is 0 Å². The number of allylic oxidation sites excluding steroid dienone is 1. The Morgan fingerprint density at radius 1 is 1.05 bits per heavy atom. The van der Waals surface area contributed by atoms with Crippen molar-refractivity contribution in [1.82, 2.24) is 20.0 Å². The van der Waals surface area contributed by atoms with Crippen LogP contribution in [0.15, 0.2) is 24.3 Å². The Morgan fingerprint density at radius 3 is 2.63 bits per heavy atom. The van der Waals surface area contributed by atoms with Gasteiger partial charge in [-0.3, -0.25) is 24.1 Å². The van der Waals surface area contributed by atoms with Crippen molar-refractivity contribution < 1.29 is 38.5 Å². The number of carbonyl (C=O) groups excluding carboxylic acids is 4. The van der Waals surface area contributed by atoms with Crippen molar-refractivity contribution in [2.75, 3.05) is 65.6 Å². The van der Waals surface area contributed by atoms with E-state index in [0.29, 0.717) is 52.1 Å². The molecule has 3 fully saturated rings. The lowest BCUT2D eigenvalue weighted by Gasteiger charge is -2.36. The van der Waals surface area contributed by atoms with Gasteiger partial charge in [0.1, 0.15) is 23.7 Å². The first-order valence-corrected chi connectivity index (χ1v) is 14.9. The minimum absolute atomic E-state index is 0.0203. The lowest BCUT2D eigenvalue weighted by molar-refractivity contribution is -0.158. The van der Waals surface area contributed by atoms with Crippen molar-refractivity contribution >= 4 is 23.7 Å². The van der Waals surface area contributed by atoms with Gasteiger partial charge in [-0.15, -0.1) is 0 Å². The molecule has 0 aromatic heterocycles. The molecule has 12 nitrogen and oxygen atoms in total. The Hall–Kier alpha value is -2.80. The van der Waals surface area contributed by atoms with E-state index >= 15 is 0 Å². The van der Waals surface area contributed by atoms with Gasteiger partial charge in [-0.25, -0.2) is 0 Å².